The van der Waals surface area contributed by atoms with Crippen LogP contribution in [0, 0.1) is 13.8 Å². The minimum Gasteiger partial charge on any atom is -0.376 e. The van der Waals surface area contributed by atoms with Gasteiger partial charge in [0.1, 0.15) is 5.60 Å². The molecule has 2 aromatic carbocycles. The molecule has 23 heavy (non-hydrogen) atoms. The first-order valence-electron chi connectivity index (χ1n) is 8.23. The van der Waals surface area contributed by atoms with E-state index in [1.165, 1.54) is 16.7 Å². The van der Waals surface area contributed by atoms with Gasteiger partial charge in [0.05, 0.1) is 0 Å². The summed E-state index contributed by atoms with van der Waals surface area (Å²) in [4.78, 5) is 0. The fourth-order valence-electron chi connectivity index (χ4n) is 3.17. The molecule has 0 unspecified atom stereocenters. The van der Waals surface area contributed by atoms with Gasteiger partial charge in [0.15, 0.2) is 0 Å². The van der Waals surface area contributed by atoms with Gasteiger partial charge in [0, 0.05) is 0 Å². The second kappa shape index (κ2) is 6.17. The summed E-state index contributed by atoms with van der Waals surface area (Å²) in [5, 5.41) is 11.7. The van der Waals surface area contributed by atoms with Crippen LogP contribution in [-0.2, 0) is 5.60 Å². The fourth-order valence-corrected chi connectivity index (χ4v) is 3.17. The van der Waals surface area contributed by atoms with Gasteiger partial charge < -0.3 is 5.11 Å². The lowest BCUT2D eigenvalue weighted by molar-refractivity contribution is 0.116. The quantitative estimate of drug-likeness (QED) is 0.825. The number of hydrogen-bond donors (Lipinski definition) is 1. The van der Waals surface area contributed by atoms with Crippen molar-refractivity contribution in [3.8, 4) is 0 Å². The maximum Gasteiger partial charge on any atom is 0.136 e. The van der Waals surface area contributed by atoms with Gasteiger partial charge >= 0.3 is 0 Å². The van der Waals surface area contributed by atoms with E-state index >= 15 is 0 Å². The number of hydrogen-bond acceptors (Lipinski definition) is 1. The maximum atomic E-state index is 11.7. The molecule has 1 nitrogen and oxygen atoms in total. The molecule has 0 heterocycles. The molecule has 1 aliphatic carbocycles. The zero-order valence-electron chi connectivity index (χ0n) is 14.1. The van der Waals surface area contributed by atoms with Crippen LogP contribution in [0.15, 0.2) is 71.8 Å². The van der Waals surface area contributed by atoms with Crippen LogP contribution in [0.5, 0.6) is 0 Å². The Labute approximate surface area is 139 Å². The first-order chi connectivity index (χ1) is 11.0. The van der Waals surface area contributed by atoms with E-state index in [0.717, 1.165) is 29.5 Å². The van der Waals surface area contributed by atoms with Crippen molar-refractivity contribution in [3.63, 3.8) is 0 Å². The van der Waals surface area contributed by atoms with Crippen LogP contribution in [0.1, 0.15) is 42.0 Å². The van der Waals surface area contributed by atoms with Crippen molar-refractivity contribution in [2.24, 2.45) is 0 Å². The van der Waals surface area contributed by atoms with E-state index in [-0.39, 0.29) is 0 Å². The number of benzene rings is 2. The molecule has 1 heteroatoms. The van der Waals surface area contributed by atoms with Gasteiger partial charge in [0.2, 0.25) is 0 Å². The molecule has 0 atom stereocenters. The minimum atomic E-state index is -1.06. The number of rotatable bonds is 3. The summed E-state index contributed by atoms with van der Waals surface area (Å²) in [6, 6.07) is 16.4. The molecule has 3 rings (SSSR count). The maximum absolute atomic E-state index is 11.7. The van der Waals surface area contributed by atoms with E-state index in [0.29, 0.717) is 0 Å². The van der Waals surface area contributed by atoms with E-state index in [2.05, 4.69) is 57.2 Å². The Morgan fingerprint density at radius 1 is 0.696 bits per heavy atom. The summed E-state index contributed by atoms with van der Waals surface area (Å²) in [7, 11) is 0. The first-order valence-corrected chi connectivity index (χ1v) is 8.23. The van der Waals surface area contributed by atoms with Crippen molar-refractivity contribution < 1.29 is 5.11 Å². The van der Waals surface area contributed by atoms with Crippen LogP contribution in [0.4, 0.5) is 0 Å². The largest absolute Gasteiger partial charge is 0.376 e. The molecule has 0 radical (unpaired) electrons. The second-order valence-corrected chi connectivity index (χ2v) is 6.65. The van der Waals surface area contributed by atoms with Crippen LogP contribution in [0.2, 0.25) is 0 Å². The van der Waals surface area contributed by atoms with Crippen LogP contribution in [0.25, 0.3) is 0 Å². The van der Waals surface area contributed by atoms with Gasteiger partial charge in [-0.2, -0.15) is 0 Å². The molecule has 1 aliphatic rings. The average molecular weight is 304 g/mol. The first kappa shape index (κ1) is 15.8. The normalized spacial score (nSPS) is 15.1. The smallest absolute Gasteiger partial charge is 0.136 e. The third-order valence-electron chi connectivity index (χ3n) is 4.76. The zero-order chi connectivity index (χ0) is 16.4. The van der Waals surface area contributed by atoms with Gasteiger partial charge in [-0.25, -0.2) is 0 Å². The summed E-state index contributed by atoms with van der Waals surface area (Å²) < 4.78 is 0. The molecule has 0 aliphatic heterocycles. The van der Waals surface area contributed by atoms with Crippen molar-refractivity contribution in [2.45, 2.75) is 39.2 Å². The van der Waals surface area contributed by atoms with E-state index in [1.807, 2.05) is 24.3 Å². The highest BCUT2D eigenvalue weighted by Gasteiger charge is 2.35. The van der Waals surface area contributed by atoms with E-state index in [1.54, 1.807) is 0 Å². The Balaban J connectivity index is 2.16. The molecule has 0 bridgehead atoms. The predicted octanol–water partition coefficient (Wildman–Crippen LogP) is 5.21. The number of aliphatic hydroxyl groups is 1. The zero-order valence-corrected chi connectivity index (χ0v) is 14.1. The van der Waals surface area contributed by atoms with Crippen molar-refractivity contribution in [1.82, 2.24) is 0 Å². The fraction of sp³-hybridized carbons (Fsp3) is 0.273. The Morgan fingerprint density at radius 3 is 1.57 bits per heavy atom. The second-order valence-electron chi connectivity index (χ2n) is 6.65. The van der Waals surface area contributed by atoms with Crippen LogP contribution >= 0.6 is 0 Å². The number of allylic oxidation sites excluding steroid dienone is 3. The minimum absolute atomic E-state index is 0.889. The van der Waals surface area contributed by atoms with Crippen molar-refractivity contribution in [2.75, 3.05) is 0 Å². The molecule has 0 saturated heterocycles. The molecule has 0 spiro atoms. The summed E-state index contributed by atoms with van der Waals surface area (Å²) in [5.74, 6) is 0. The molecule has 0 aromatic heterocycles. The SMILES string of the molecule is CC1=CC=C(C(O)(c2ccc(C)cc2)c2ccc(C)cc2)CC1. The van der Waals surface area contributed by atoms with Crippen molar-refractivity contribution >= 4 is 0 Å². The van der Waals surface area contributed by atoms with Gasteiger partial charge in [-0.15, -0.1) is 0 Å². The van der Waals surface area contributed by atoms with E-state index in [9.17, 15) is 5.11 Å². The molecular formula is C22H24O. The van der Waals surface area contributed by atoms with E-state index in [4.69, 9.17) is 0 Å². The third-order valence-corrected chi connectivity index (χ3v) is 4.76. The van der Waals surface area contributed by atoms with Gasteiger partial charge in [0.25, 0.3) is 0 Å². The molecule has 2 aromatic rings. The van der Waals surface area contributed by atoms with Crippen molar-refractivity contribution in [3.05, 3.63) is 94.1 Å². The summed E-state index contributed by atoms with van der Waals surface area (Å²) in [6.07, 6.45) is 6.12. The molecular weight excluding hydrogens is 280 g/mol. The molecule has 0 fully saturated rings. The Hall–Kier alpha value is -2.12. The van der Waals surface area contributed by atoms with Gasteiger partial charge in [-0.3, -0.25) is 0 Å². The summed E-state index contributed by atoms with van der Waals surface area (Å²) >= 11 is 0. The monoisotopic (exact) mass is 304 g/mol. The Bertz CT molecular complexity index is 700. The highest BCUT2D eigenvalue weighted by Crippen LogP contribution is 2.40. The highest BCUT2D eigenvalue weighted by molar-refractivity contribution is 5.48. The topological polar surface area (TPSA) is 20.2 Å². The van der Waals surface area contributed by atoms with Crippen molar-refractivity contribution in [1.29, 1.82) is 0 Å². The Kier molecular flexibility index (Phi) is 4.23. The van der Waals surface area contributed by atoms with Gasteiger partial charge in [-0.05, 0) is 50.3 Å². The number of aryl methyl sites for hydroxylation is 2. The standard InChI is InChI=1S/C22H24O/c1-16-4-10-19(11-5-16)22(23,20-12-6-17(2)7-13-20)21-14-8-18(3)9-15-21/h4-8,10-14,23H,9,15H2,1-3H3. The third kappa shape index (κ3) is 3.02. The molecule has 0 saturated carbocycles. The lowest BCUT2D eigenvalue weighted by Gasteiger charge is -2.34. The lowest BCUT2D eigenvalue weighted by Crippen LogP contribution is -2.30. The molecule has 118 valence electrons. The molecule has 0 amide bonds. The summed E-state index contributed by atoms with van der Waals surface area (Å²) in [6.45, 7) is 6.28. The lowest BCUT2D eigenvalue weighted by atomic mass is 9.76. The predicted molar refractivity (Wildman–Crippen MR) is 96.4 cm³/mol. The molecule has 1 N–H and O–H groups in total. The van der Waals surface area contributed by atoms with E-state index < -0.39 is 5.60 Å². The van der Waals surface area contributed by atoms with Crippen LogP contribution in [0.3, 0.4) is 0 Å². The highest BCUT2D eigenvalue weighted by atomic mass is 16.3. The Morgan fingerprint density at radius 2 is 1.17 bits per heavy atom. The average Bonchev–Trinajstić information content (AvgIpc) is 2.56. The van der Waals surface area contributed by atoms with Crippen LogP contribution in [-0.4, -0.2) is 5.11 Å². The van der Waals surface area contributed by atoms with Gasteiger partial charge in [-0.1, -0.05) is 77.4 Å². The van der Waals surface area contributed by atoms with Crippen LogP contribution < -0.4 is 0 Å². The summed E-state index contributed by atoms with van der Waals surface area (Å²) in [5.41, 5.74) is 5.65.